The summed E-state index contributed by atoms with van der Waals surface area (Å²) in [4.78, 5) is 10.5. The minimum atomic E-state index is -1.33. The van der Waals surface area contributed by atoms with Crippen LogP contribution in [0.5, 0.6) is 0 Å². The lowest BCUT2D eigenvalue weighted by Crippen LogP contribution is -2.34. The SMILES string of the molecule is NC(=O)C(O)CNc1cc(F)ccc1N. The van der Waals surface area contributed by atoms with Gasteiger partial charge in [0.25, 0.3) is 0 Å². The van der Waals surface area contributed by atoms with Crippen LogP contribution in [0.4, 0.5) is 15.8 Å². The maximum atomic E-state index is 12.8. The van der Waals surface area contributed by atoms with Gasteiger partial charge in [0, 0.05) is 6.54 Å². The van der Waals surface area contributed by atoms with Crippen LogP contribution < -0.4 is 16.8 Å². The number of nitrogens with one attached hydrogen (secondary N) is 1. The number of halogens is 1. The molecule has 0 radical (unpaired) electrons. The molecule has 1 rings (SSSR count). The second-order valence-corrected chi connectivity index (χ2v) is 3.03. The van der Waals surface area contributed by atoms with Crippen molar-refractivity contribution < 1.29 is 14.3 Å². The fourth-order valence-corrected chi connectivity index (χ4v) is 0.989. The van der Waals surface area contributed by atoms with Gasteiger partial charge in [-0.15, -0.1) is 0 Å². The molecule has 1 atom stereocenters. The van der Waals surface area contributed by atoms with Crippen molar-refractivity contribution >= 4 is 17.3 Å². The fourth-order valence-electron chi connectivity index (χ4n) is 0.989. The standard InChI is InChI=1S/C9H12FN3O2/c10-5-1-2-6(11)7(3-5)13-4-8(14)9(12)15/h1-3,8,13-14H,4,11H2,(H2,12,15). The molecule has 0 fully saturated rings. The summed E-state index contributed by atoms with van der Waals surface area (Å²) in [5.74, 6) is -1.31. The Hall–Kier alpha value is -1.82. The van der Waals surface area contributed by atoms with Crippen LogP contribution in [0, 0.1) is 5.82 Å². The lowest BCUT2D eigenvalue weighted by molar-refractivity contribution is -0.125. The lowest BCUT2D eigenvalue weighted by atomic mass is 10.2. The monoisotopic (exact) mass is 213 g/mol. The lowest BCUT2D eigenvalue weighted by Gasteiger charge is -2.11. The molecule has 0 heterocycles. The van der Waals surface area contributed by atoms with Crippen LogP contribution in [0.25, 0.3) is 0 Å². The van der Waals surface area contributed by atoms with Gasteiger partial charge in [0.2, 0.25) is 5.91 Å². The normalized spacial score (nSPS) is 12.1. The molecule has 1 amide bonds. The second-order valence-electron chi connectivity index (χ2n) is 3.03. The molecule has 0 bridgehead atoms. The zero-order valence-electron chi connectivity index (χ0n) is 7.90. The number of amides is 1. The van der Waals surface area contributed by atoms with E-state index in [2.05, 4.69) is 5.32 Å². The van der Waals surface area contributed by atoms with E-state index in [1.807, 2.05) is 0 Å². The smallest absolute Gasteiger partial charge is 0.248 e. The Morgan fingerprint density at radius 2 is 2.27 bits per heavy atom. The third-order valence-corrected chi connectivity index (χ3v) is 1.83. The first-order chi connectivity index (χ1) is 7.00. The number of hydrogen-bond donors (Lipinski definition) is 4. The molecular formula is C9H12FN3O2. The van der Waals surface area contributed by atoms with E-state index in [1.54, 1.807) is 0 Å². The number of hydrogen-bond acceptors (Lipinski definition) is 4. The summed E-state index contributed by atoms with van der Waals surface area (Å²) in [6.45, 7) is -0.108. The van der Waals surface area contributed by atoms with E-state index in [1.165, 1.54) is 18.2 Å². The second kappa shape index (κ2) is 4.61. The van der Waals surface area contributed by atoms with Crippen molar-refractivity contribution in [1.29, 1.82) is 0 Å². The van der Waals surface area contributed by atoms with Crippen molar-refractivity contribution in [3.8, 4) is 0 Å². The number of nitrogens with two attached hydrogens (primary N) is 2. The third kappa shape index (κ3) is 3.10. The molecule has 15 heavy (non-hydrogen) atoms. The number of primary amides is 1. The molecule has 1 aromatic carbocycles. The predicted molar refractivity (Wildman–Crippen MR) is 54.5 cm³/mol. The number of carbonyl (C=O) groups is 1. The van der Waals surface area contributed by atoms with Crippen LogP contribution in [0.2, 0.25) is 0 Å². The first-order valence-corrected chi connectivity index (χ1v) is 4.27. The number of rotatable bonds is 4. The number of anilines is 2. The Bertz CT molecular complexity index is 370. The Morgan fingerprint density at radius 1 is 1.60 bits per heavy atom. The average Bonchev–Trinajstić information content (AvgIpc) is 2.18. The van der Waals surface area contributed by atoms with Gasteiger partial charge < -0.3 is 21.9 Å². The fraction of sp³-hybridized carbons (Fsp3) is 0.222. The molecule has 6 N–H and O–H groups in total. The van der Waals surface area contributed by atoms with E-state index < -0.39 is 17.8 Å². The van der Waals surface area contributed by atoms with Crippen LogP contribution >= 0.6 is 0 Å². The van der Waals surface area contributed by atoms with Crippen molar-refractivity contribution in [1.82, 2.24) is 0 Å². The quantitative estimate of drug-likeness (QED) is 0.514. The Morgan fingerprint density at radius 3 is 2.87 bits per heavy atom. The first kappa shape index (κ1) is 11.3. The van der Waals surface area contributed by atoms with E-state index in [9.17, 15) is 9.18 Å². The Balaban J connectivity index is 2.65. The summed E-state index contributed by atoms with van der Waals surface area (Å²) in [5.41, 5.74) is 11.0. The number of carbonyl (C=O) groups excluding carboxylic acids is 1. The van der Waals surface area contributed by atoms with E-state index in [4.69, 9.17) is 16.6 Å². The number of aliphatic hydroxyl groups excluding tert-OH is 1. The van der Waals surface area contributed by atoms with E-state index in [-0.39, 0.29) is 6.54 Å². The van der Waals surface area contributed by atoms with Crippen molar-refractivity contribution in [2.45, 2.75) is 6.10 Å². The van der Waals surface area contributed by atoms with Crippen molar-refractivity contribution in [3.63, 3.8) is 0 Å². The minimum absolute atomic E-state index is 0.108. The molecule has 0 spiro atoms. The van der Waals surface area contributed by atoms with Crippen molar-refractivity contribution in [2.75, 3.05) is 17.6 Å². The highest BCUT2D eigenvalue weighted by Crippen LogP contribution is 2.18. The molecule has 0 aromatic heterocycles. The summed E-state index contributed by atoms with van der Waals surface area (Å²) in [7, 11) is 0. The van der Waals surface area contributed by atoms with Gasteiger partial charge in [0.15, 0.2) is 0 Å². The van der Waals surface area contributed by atoms with Gasteiger partial charge >= 0.3 is 0 Å². The number of nitrogen functional groups attached to an aromatic ring is 1. The Labute approximate surface area is 85.9 Å². The highest BCUT2D eigenvalue weighted by molar-refractivity contribution is 5.79. The molecule has 5 nitrogen and oxygen atoms in total. The van der Waals surface area contributed by atoms with E-state index >= 15 is 0 Å². The summed E-state index contributed by atoms with van der Waals surface area (Å²) in [6, 6.07) is 3.77. The summed E-state index contributed by atoms with van der Waals surface area (Å²) < 4.78 is 12.8. The van der Waals surface area contributed by atoms with E-state index in [0.717, 1.165) is 0 Å². The largest absolute Gasteiger partial charge is 0.397 e. The molecule has 1 aromatic rings. The third-order valence-electron chi connectivity index (χ3n) is 1.83. The summed E-state index contributed by atoms with van der Waals surface area (Å²) >= 11 is 0. The molecule has 0 aliphatic carbocycles. The van der Waals surface area contributed by atoms with Gasteiger partial charge in [-0.2, -0.15) is 0 Å². The van der Waals surface area contributed by atoms with Gasteiger partial charge in [-0.05, 0) is 18.2 Å². The van der Waals surface area contributed by atoms with Crippen LogP contribution in [0.1, 0.15) is 0 Å². The zero-order chi connectivity index (χ0) is 11.4. The van der Waals surface area contributed by atoms with Crippen LogP contribution in [-0.2, 0) is 4.79 Å². The molecule has 0 aliphatic rings. The minimum Gasteiger partial charge on any atom is -0.397 e. The predicted octanol–water partition coefficient (Wildman–Crippen LogP) is -0.334. The van der Waals surface area contributed by atoms with Gasteiger partial charge in [-0.1, -0.05) is 0 Å². The molecule has 82 valence electrons. The van der Waals surface area contributed by atoms with Crippen LogP contribution in [0.3, 0.4) is 0 Å². The molecule has 1 unspecified atom stereocenters. The highest BCUT2D eigenvalue weighted by atomic mass is 19.1. The molecule has 0 saturated carbocycles. The average molecular weight is 213 g/mol. The van der Waals surface area contributed by atoms with Gasteiger partial charge in [0.05, 0.1) is 11.4 Å². The van der Waals surface area contributed by atoms with E-state index in [0.29, 0.717) is 11.4 Å². The van der Waals surface area contributed by atoms with Gasteiger partial charge in [-0.3, -0.25) is 4.79 Å². The van der Waals surface area contributed by atoms with Crippen molar-refractivity contribution in [2.24, 2.45) is 5.73 Å². The van der Waals surface area contributed by atoms with Crippen molar-refractivity contribution in [3.05, 3.63) is 24.0 Å². The molecule has 0 saturated heterocycles. The molecule has 6 heteroatoms. The summed E-state index contributed by atoms with van der Waals surface area (Å²) in [6.07, 6.45) is -1.33. The van der Waals surface area contributed by atoms with Gasteiger partial charge in [0.1, 0.15) is 11.9 Å². The Kier molecular flexibility index (Phi) is 3.46. The van der Waals surface area contributed by atoms with Gasteiger partial charge in [-0.25, -0.2) is 4.39 Å². The molecule has 0 aliphatic heterocycles. The first-order valence-electron chi connectivity index (χ1n) is 4.27. The van der Waals surface area contributed by atoms with Crippen LogP contribution in [-0.4, -0.2) is 23.7 Å². The molecular weight excluding hydrogens is 201 g/mol. The maximum absolute atomic E-state index is 12.8. The number of benzene rings is 1. The zero-order valence-corrected chi connectivity index (χ0v) is 7.90. The van der Waals surface area contributed by atoms with Crippen LogP contribution in [0.15, 0.2) is 18.2 Å². The maximum Gasteiger partial charge on any atom is 0.248 e. The highest BCUT2D eigenvalue weighted by Gasteiger charge is 2.10. The topological polar surface area (TPSA) is 101 Å². The summed E-state index contributed by atoms with van der Waals surface area (Å²) in [5, 5.41) is 11.7. The number of aliphatic hydroxyl groups is 1.